The molecule has 11 atom stereocenters. The lowest BCUT2D eigenvalue weighted by Crippen LogP contribution is -2.78. The first-order chi connectivity index (χ1) is 23.9. The van der Waals surface area contributed by atoms with Gasteiger partial charge in [-0.3, -0.25) is 14.6 Å². The highest BCUT2D eigenvalue weighted by Gasteiger charge is 2.91. The van der Waals surface area contributed by atoms with Crippen molar-refractivity contribution in [1.82, 2.24) is 0 Å². The zero-order chi connectivity index (χ0) is 34.9. The van der Waals surface area contributed by atoms with Crippen molar-refractivity contribution in [1.29, 1.82) is 0 Å². The average molecular weight is 694 g/mol. The summed E-state index contributed by atoms with van der Waals surface area (Å²) in [5.41, 5.74) is -3.32. The number of hydrogen-bond donors (Lipinski definition) is 1. The number of aliphatic hydroxyl groups is 3. The Bertz CT molecular complexity index is 1600. The maximum absolute atomic E-state index is 14.8. The van der Waals surface area contributed by atoms with Crippen LogP contribution in [0.3, 0.4) is 0 Å². The summed E-state index contributed by atoms with van der Waals surface area (Å²) in [5.74, 6) is -1.87. The fourth-order valence-electron chi connectivity index (χ4n) is 13.4. The highest BCUT2D eigenvalue weighted by atomic mass is 16.7. The zero-order valence-corrected chi connectivity index (χ0v) is 29.9. The van der Waals surface area contributed by atoms with Crippen molar-refractivity contribution in [3.05, 3.63) is 11.6 Å². The van der Waals surface area contributed by atoms with Crippen molar-refractivity contribution in [3.8, 4) is 0 Å². The maximum atomic E-state index is 14.8. The van der Waals surface area contributed by atoms with Crippen LogP contribution in [0.2, 0.25) is 0 Å². The van der Waals surface area contributed by atoms with Crippen LogP contribution < -0.4 is 0 Å². The molecule has 0 radical (unpaired) electrons. The molecule has 50 heavy (non-hydrogen) atoms. The summed E-state index contributed by atoms with van der Waals surface area (Å²) < 4.78 is 31.1. The Morgan fingerprint density at radius 1 is 0.980 bits per heavy atom. The molecule has 11 unspecified atom stereocenters. The molecular weight excluding hydrogens is 640 g/mol. The van der Waals surface area contributed by atoms with E-state index in [1.165, 1.54) is 0 Å². The van der Waals surface area contributed by atoms with E-state index in [0.717, 1.165) is 69.2 Å². The summed E-state index contributed by atoms with van der Waals surface area (Å²) in [6.45, 7) is 9.37. The Balaban J connectivity index is 1.03. The van der Waals surface area contributed by atoms with E-state index in [-0.39, 0.29) is 30.4 Å². The Kier molecular flexibility index (Phi) is 7.36. The molecule has 9 aliphatic rings. The van der Waals surface area contributed by atoms with Crippen LogP contribution in [0.1, 0.15) is 105 Å². The van der Waals surface area contributed by atoms with Crippen LogP contribution in [-0.4, -0.2) is 101 Å². The van der Waals surface area contributed by atoms with E-state index in [4.69, 9.17) is 23.7 Å². The number of ketones is 1. The smallest absolute Gasteiger partial charge is 0.339 e. The molecule has 3 spiro atoms. The lowest BCUT2D eigenvalue weighted by atomic mass is 9.35. The summed E-state index contributed by atoms with van der Waals surface area (Å²) in [6, 6.07) is 0. The number of Topliss-reactive ketones (excluding diaryl/α,β-unsaturated/α-hetero) is 1. The summed E-state index contributed by atoms with van der Waals surface area (Å²) in [7, 11) is 0. The molecule has 272 valence electrons. The molecule has 2 N–H and O–H groups in total. The Morgan fingerprint density at radius 3 is 2.52 bits per heavy atom. The number of esters is 2. The van der Waals surface area contributed by atoms with Gasteiger partial charge in [-0.2, -0.15) is 0 Å². The van der Waals surface area contributed by atoms with Crippen molar-refractivity contribution < 1.29 is 43.2 Å². The van der Waals surface area contributed by atoms with Gasteiger partial charge in [0, 0.05) is 34.5 Å². The maximum Gasteiger partial charge on any atom is 0.339 e. The molecule has 0 aromatic rings. The molecule has 0 amide bonds. The van der Waals surface area contributed by atoms with Crippen molar-refractivity contribution >= 4 is 29.8 Å². The summed E-state index contributed by atoms with van der Waals surface area (Å²) in [4.78, 5) is 50.9. The van der Waals surface area contributed by atoms with Crippen LogP contribution in [0, 0.1) is 33.5 Å². The molecule has 3 saturated carbocycles. The van der Waals surface area contributed by atoms with Gasteiger partial charge >= 0.3 is 11.9 Å². The molecule has 9 rings (SSSR count). The number of carbonyl (C=O) groups excluding carboxylic acids is 3. The monoisotopic (exact) mass is 693 g/mol. The van der Waals surface area contributed by atoms with Crippen LogP contribution in [0.5, 0.6) is 0 Å². The third-order valence-electron chi connectivity index (χ3n) is 15.4. The number of fused-ring (bicyclic) bond motifs is 2. The first-order valence-electron chi connectivity index (χ1n) is 19.2. The van der Waals surface area contributed by atoms with Gasteiger partial charge in [-0.1, -0.05) is 39.5 Å². The van der Waals surface area contributed by atoms with E-state index in [0.29, 0.717) is 32.3 Å². The number of cyclic esters (lactones) is 2. The highest BCUT2D eigenvalue weighted by Crippen LogP contribution is 2.80. The van der Waals surface area contributed by atoms with Crippen LogP contribution >= 0.6 is 0 Å². The predicted molar refractivity (Wildman–Crippen MR) is 182 cm³/mol. The molecule has 4 saturated heterocycles. The molecule has 3 aliphatic carbocycles. The van der Waals surface area contributed by atoms with Crippen molar-refractivity contribution in [2.24, 2.45) is 43.5 Å². The summed E-state index contributed by atoms with van der Waals surface area (Å²) in [5, 5.41) is 12.4. The normalized spacial score (nSPS) is 47.5. The fourth-order valence-corrected chi connectivity index (χ4v) is 13.4. The number of epoxide rings is 1. The Hall–Kier alpha value is -2.47. The van der Waals surface area contributed by atoms with E-state index < -0.39 is 69.2 Å². The number of unbranched alkanes of at least 4 members (excludes halogenated alkanes) is 3. The molecule has 11 heteroatoms. The van der Waals surface area contributed by atoms with E-state index in [9.17, 15) is 19.5 Å². The minimum absolute atomic E-state index is 0.0515. The molecule has 7 fully saturated rings. The number of nitrogens with zero attached hydrogens (tertiary/aromatic N) is 2. The SMILES string of the molecule is CC1(C)OC2C3(CCCC3)C(=O)OCC23C1C(=O)C(O)C1(C)C3CCC2(C)C(C3=CC[OH+]C3CCCCCCC3=NC=NC3)OC(=O)C3OC321. The van der Waals surface area contributed by atoms with Gasteiger partial charge in [-0.25, -0.2) is 9.79 Å². The largest absolute Gasteiger partial charge is 0.464 e. The highest BCUT2D eigenvalue weighted by molar-refractivity contribution is 5.96. The van der Waals surface area contributed by atoms with E-state index >= 15 is 0 Å². The van der Waals surface area contributed by atoms with E-state index in [1.807, 2.05) is 20.8 Å². The third-order valence-corrected chi connectivity index (χ3v) is 15.4. The van der Waals surface area contributed by atoms with Crippen molar-refractivity contribution in [2.75, 3.05) is 19.8 Å². The second kappa shape index (κ2) is 11.0. The minimum atomic E-state index is -1.38. The van der Waals surface area contributed by atoms with Gasteiger partial charge in [0.15, 0.2) is 24.6 Å². The molecule has 0 bridgehead atoms. The second-order valence-electron chi connectivity index (χ2n) is 17.9. The summed E-state index contributed by atoms with van der Waals surface area (Å²) in [6.07, 6.45) is 11.1. The lowest BCUT2D eigenvalue weighted by molar-refractivity contribution is -0.261. The van der Waals surface area contributed by atoms with E-state index in [1.54, 1.807) is 6.34 Å². The number of carbonyl (C=O) groups is 3. The standard InChI is InChI=1S/C39H52N2O9/c1-34(2)27-26(42)28(43)36(4)25(38(27)20-47-33(45)37(32(38)50-34)15-9-10-16-37)13-17-35(3)29(48-31(44)30-39(35,36)49-30)23-14-18-46-24(23)12-8-6-5-7-11-22-19-40-21-41-22/h14,21,24-25,27-30,32,43H,5-13,15-20H2,1-4H3/p+1. The number of hydrogen-bond acceptors (Lipinski definition) is 10. The lowest BCUT2D eigenvalue weighted by Gasteiger charge is -2.67. The molecule has 11 nitrogen and oxygen atoms in total. The van der Waals surface area contributed by atoms with Gasteiger partial charge in [0.1, 0.15) is 30.8 Å². The zero-order valence-electron chi connectivity index (χ0n) is 29.9. The predicted octanol–water partition coefficient (Wildman–Crippen LogP) is 3.97. The number of ether oxygens (including phenoxy) is 5. The molecule has 6 aliphatic heterocycles. The molecule has 0 aromatic carbocycles. The van der Waals surface area contributed by atoms with Crippen LogP contribution in [-0.2, 0) is 33.3 Å². The topological polar surface area (TPSA) is 149 Å². The Morgan fingerprint density at radius 2 is 1.76 bits per heavy atom. The molecule has 6 heterocycles. The first kappa shape index (κ1) is 33.4. The van der Waals surface area contributed by atoms with Gasteiger partial charge in [-0.15, -0.1) is 0 Å². The third kappa shape index (κ3) is 3.98. The number of aliphatic hydroxyl groups excluding tert-OH is 1. The first-order valence-corrected chi connectivity index (χ1v) is 19.2. The van der Waals surface area contributed by atoms with Gasteiger partial charge in [0.25, 0.3) is 0 Å². The second-order valence-corrected chi connectivity index (χ2v) is 17.9. The van der Waals surface area contributed by atoms with E-state index in [2.05, 4.69) is 23.0 Å². The van der Waals surface area contributed by atoms with Crippen LogP contribution in [0.4, 0.5) is 0 Å². The fraction of sp³-hybridized carbons (Fsp3) is 0.821. The van der Waals surface area contributed by atoms with Gasteiger partial charge < -0.3 is 28.8 Å². The number of rotatable bonds is 8. The minimum Gasteiger partial charge on any atom is -0.464 e. The average Bonchev–Trinajstić information content (AvgIpc) is 3.54. The van der Waals surface area contributed by atoms with Crippen LogP contribution in [0.25, 0.3) is 0 Å². The van der Waals surface area contributed by atoms with Crippen LogP contribution in [0.15, 0.2) is 21.6 Å². The summed E-state index contributed by atoms with van der Waals surface area (Å²) >= 11 is 0. The van der Waals surface area contributed by atoms with Crippen molar-refractivity contribution in [3.63, 3.8) is 0 Å². The molecule has 0 aromatic heterocycles. The number of aliphatic imine (C=N–C) groups is 2. The van der Waals surface area contributed by atoms with Gasteiger partial charge in [-0.05, 0) is 64.7 Å². The van der Waals surface area contributed by atoms with Gasteiger partial charge in [0.2, 0.25) is 0 Å². The quantitative estimate of drug-likeness (QED) is 0.132. The van der Waals surface area contributed by atoms with Crippen molar-refractivity contribution in [2.45, 2.75) is 146 Å². The Labute approximate surface area is 294 Å². The molecular formula is C39H53N2O9+. The van der Waals surface area contributed by atoms with Gasteiger partial charge in [0.05, 0.1) is 35.2 Å².